The van der Waals surface area contributed by atoms with Crippen molar-refractivity contribution < 1.29 is 0 Å². The van der Waals surface area contributed by atoms with Crippen LogP contribution in [-0.4, -0.2) is 0 Å². The Morgan fingerprint density at radius 2 is 1.89 bits per heavy atom. The van der Waals surface area contributed by atoms with Gasteiger partial charge in [0.25, 0.3) is 0 Å². The van der Waals surface area contributed by atoms with Gasteiger partial charge in [-0.15, -0.1) is 0 Å². The van der Waals surface area contributed by atoms with Crippen molar-refractivity contribution in [3.05, 3.63) is 57.6 Å². The zero-order valence-electron chi connectivity index (χ0n) is 10.5. The quantitative estimate of drug-likeness (QED) is 0.888. The van der Waals surface area contributed by atoms with Gasteiger partial charge in [-0.25, -0.2) is 0 Å². The third-order valence-corrected chi connectivity index (χ3v) is 4.33. The number of rotatable bonds is 3. The lowest BCUT2D eigenvalue weighted by atomic mass is 10.2. The van der Waals surface area contributed by atoms with Gasteiger partial charge in [0.15, 0.2) is 0 Å². The van der Waals surface area contributed by atoms with E-state index in [-0.39, 0.29) is 0 Å². The highest BCUT2D eigenvalue weighted by Crippen LogP contribution is 2.33. The van der Waals surface area contributed by atoms with Gasteiger partial charge in [-0.1, -0.05) is 45.4 Å². The van der Waals surface area contributed by atoms with Crippen LogP contribution in [0.15, 0.2) is 50.7 Å². The van der Waals surface area contributed by atoms with Crippen molar-refractivity contribution in [3.63, 3.8) is 0 Å². The molecular formula is C15H16BrNS. The summed E-state index contributed by atoms with van der Waals surface area (Å²) in [7, 11) is 0. The second kappa shape index (κ2) is 5.91. The molecule has 18 heavy (non-hydrogen) atoms. The first-order valence-corrected chi connectivity index (χ1v) is 7.44. The Kier molecular flexibility index (Phi) is 4.49. The Morgan fingerprint density at radius 1 is 1.11 bits per heavy atom. The Labute approximate surface area is 121 Å². The predicted molar refractivity (Wildman–Crippen MR) is 82.1 cm³/mol. The normalized spacial score (nSPS) is 10.7. The third kappa shape index (κ3) is 3.37. The average Bonchev–Trinajstić information content (AvgIpc) is 2.32. The summed E-state index contributed by atoms with van der Waals surface area (Å²) in [5.41, 5.74) is 9.46. The third-order valence-electron chi connectivity index (χ3n) is 2.73. The van der Waals surface area contributed by atoms with Gasteiger partial charge in [-0.2, -0.15) is 0 Å². The van der Waals surface area contributed by atoms with Crippen LogP contribution in [0.3, 0.4) is 0 Å². The van der Waals surface area contributed by atoms with Gasteiger partial charge in [-0.3, -0.25) is 0 Å². The fourth-order valence-electron chi connectivity index (χ4n) is 1.84. The molecule has 0 spiro atoms. The summed E-state index contributed by atoms with van der Waals surface area (Å²) in [6.07, 6.45) is 0. The highest BCUT2D eigenvalue weighted by molar-refractivity contribution is 9.10. The molecule has 2 aromatic rings. The Hall–Kier alpha value is -0.770. The van der Waals surface area contributed by atoms with Crippen molar-refractivity contribution in [2.24, 2.45) is 5.73 Å². The van der Waals surface area contributed by atoms with Crippen LogP contribution in [0.4, 0.5) is 0 Å². The van der Waals surface area contributed by atoms with Gasteiger partial charge in [0.1, 0.15) is 0 Å². The summed E-state index contributed by atoms with van der Waals surface area (Å²) in [6, 6.07) is 12.9. The fraction of sp³-hybridized carbons (Fsp3) is 0.200. The van der Waals surface area contributed by atoms with Crippen LogP contribution in [-0.2, 0) is 6.54 Å². The minimum Gasteiger partial charge on any atom is -0.326 e. The van der Waals surface area contributed by atoms with Gasteiger partial charge >= 0.3 is 0 Å². The van der Waals surface area contributed by atoms with Gasteiger partial charge in [0, 0.05) is 20.8 Å². The van der Waals surface area contributed by atoms with E-state index in [9.17, 15) is 0 Å². The van der Waals surface area contributed by atoms with Crippen LogP contribution in [0.1, 0.15) is 16.7 Å². The monoisotopic (exact) mass is 321 g/mol. The van der Waals surface area contributed by atoms with Gasteiger partial charge in [0.2, 0.25) is 0 Å². The van der Waals surface area contributed by atoms with Crippen LogP contribution < -0.4 is 5.73 Å². The minimum atomic E-state index is 0.569. The summed E-state index contributed by atoms with van der Waals surface area (Å²) in [4.78, 5) is 2.51. The first kappa shape index (κ1) is 13.7. The van der Waals surface area contributed by atoms with E-state index in [4.69, 9.17) is 5.73 Å². The van der Waals surface area contributed by atoms with Crippen LogP contribution >= 0.6 is 27.7 Å². The van der Waals surface area contributed by atoms with Crippen molar-refractivity contribution in [3.8, 4) is 0 Å². The highest BCUT2D eigenvalue weighted by Gasteiger charge is 2.04. The van der Waals surface area contributed by atoms with E-state index in [0.29, 0.717) is 6.54 Å². The Bertz CT molecular complexity index is 566. The van der Waals surface area contributed by atoms with Crippen LogP contribution in [0.5, 0.6) is 0 Å². The molecule has 94 valence electrons. The summed E-state index contributed by atoms with van der Waals surface area (Å²) >= 11 is 5.31. The number of hydrogen-bond acceptors (Lipinski definition) is 2. The molecule has 0 amide bonds. The number of aryl methyl sites for hydroxylation is 2. The number of nitrogens with two attached hydrogens (primary N) is 1. The topological polar surface area (TPSA) is 26.0 Å². The molecule has 0 aliphatic carbocycles. The molecule has 2 aromatic carbocycles. The summed E-state index contributed by atoms with van der Waals surface area (Å²) in [5, 5.41) is 0. The maximum Gasteiger partial charge on any atom is 0.0189 e. The van der Waals surface area contributed by atoms with Crippen LogP contribution in [0.2, 0.25) is 0 Å². The molecule has 0 aliphatic rings. The molecule has 0 radical (unpaired) electrons. The van der Waals surface area contributed by atoms with Gasteiger partial charge in [-0.05, 0) is 49.2 Å². The molecule has 3 heteroatoms. The van der Waals surface area contributed by atoms with Crippen molar-refractivity contribution >= 4 is 27.7 Å². The molecule has 2 rings (SSSR count). The fourth-order valence-corrected chi connectivity index (χ4v) is 3.54. The van der Waals surface area contributed by atoms with E-state index >= 15 is 0 Å². The van der Waals surface area contributed by atoms with E-state index in [1.54, 1.807) is 11.8 Å². The Balaban J connectivity index is 2.30. The van der Waals surface area contributed by atoms with Crippen molar-refractivity contribution in [2.75, 3.05) is 0 Å². The van der Waals surface area contributed by atoms with E-state index in [2.05, 4.69) is 66.2 Å². The molecule has 0 fully saturated rings. The number of benzene rings is 2. The van der Waals surface area contributed by atoms with Gasteiger partial charge in [0.05, 0.1) is 0 Å². The maximum atomic E-state index is 5.70. The second-order valence-electron chi connectivity index (χ2n) is 4.37. The summed E-state index contributed by atoms with van der Waals surface area (Å²) in [5.74, 6) is 0. The first-order valence-electron chi connectivity index (χ1n) is 5.83. The SMILES string of the molecule is Cc1ccc(Sc2cc(Br)cc(CN)c2)c(C)c1. The lowest BCUT2D eigenvalue weighted by molar-refractivity contribution is 1.06. The molecule has 0 aromatic heterocycles. The predicted octanol–water partition coefficient (Wildman–Crippen LogP) is 4.68. The average molecular weight is 322 g/mol. The highest BCUT2D eigenvalue weighted by atomic mass is 79.9. The minimum absolute atomic E-state index is 0.569. The second-order valence-corrected chi connectivity index (χ2v) is 6.40. The molecule has 0 saturated carbocycles. The standard InChI is InChI=1S/C15H16BrNS/c1-10-3-4-15(11(2)5-10)18-14-7-12(9-17)6-13(16)8-14/h3-8H,9,17H2,1-2H3. The summed E-state index contributed by atoms with van der Waals surface area (Å²) < 4.78 is 1.08. The first-order chi connectivity index (χ1) is 8.58. The van der Waals surface area contributed by atoms with Crippen molar-refractivity contribution in [2.45, 2.75) is 30.2 Å². The zero-order valence-corrected chi connectivity index (χ0v) is 12.9. The smallest absolute Gasteiger partial charge is 0.0189 e. The molecular weight excluding hydrogens is 306 g/mol. The molecule has 0 saturated heterocycles. The van der Waals surface area contributed by atoms with E-state index < -0.39 is 0 Å². The van der Waals surface area contributed by atoms with Crippen LogP contribution in [0, 0.1) is 13.8 Å². The molecule has 0 bridgehead atoms. The van der Waals surface area contributed by atoms with E-state index in [0.717, 1.165) is 10.0 Å². The molecule has 0 unspecified atom stereocenters. The van der Waals surface area contributed by atoms with E-state index in [1.165, 1.54) is 20.9 Å². The van der Waals surface area contributed by atoms with Crippen LogP contribution in [0.25, 0.3) is 0 Å². The molecule has 0 heterocycles. The number of halogens is 1. The lowest BCUT2D eigenvalue weighted by Gasteiger charge is -2.08. The van der Waals surface area contributed by atoms with Crippen molar-refractivity contribution in [1.82, 2.24) is 0 Å². The van der Waals surface area contributed by atoms with E-state index in [1.807, 2.05) is 0 Å². The zero-order chi connectivity index (χ0) is 13.1. The largest absolute Gasteiger partial charge is 0.326 e. The Morgan fingerprint density at radius 3 is 2.56 bits per heavy atom. The summed E-state index contributed by atoms with van der Waals surface area (Å²) in [6.45, 7) is 4.84. The van der Waals surface area contributed by atoms with Crippen molar-refractivity contribution in [1.29, 1.82) is 0 Å². The number of hydrogen-bond donors (Lipinski definition) is 1. The van der Waals surface area contributed by atoms with Gasteiger partial charge < -0.3 is 5.73 Å². The molecule has 0 atom stereocenters. The lowest BCUT2D eigenvalue weighted by Crippen LogP contribution is -1.96. The molecule has 2 N–H and O–H groups in total. The molecule has 1 nitrogen and oxygen atoms in total. The molecule has 0 aliphatic heterocycles. The maximum absolute atomic E-state index is 5.70.